The number of thiazole rings is 2. The molecule has 0 fully saturated rings. The standard InChI is InChI=1S/C21H28N2O4S2/c1-7-13(2)20-23-16(12-29-20)21-22-15(11-28-21)8-9-17(25-4)14(3)18(26-5)10-19(24)27-6/h8-14,17H,7H2,1-6H3/b9-8+,18-10+/t13-,14-,17+/m1/s1. The summed E-state index contributed by atoms with van der Waals surface area (Å²) in [7, 11) is 4.48. The molecule has 2 rings (SSSR count). The maximum Gasteiger partial charge on any atom is 0.333 e. The number of ether oxygens (including phenoxy) is 3. The van der Waals surface area contributed by atoms with Crippen molar-refractivity contribution in [1.82, 2.24) is 9.97 Å². The Morgan fingerprint density at radius 2 is 1.90 bits per heavy atom. The summed E-state index contributed by atoms with van der Waals surface area (Å²) in [5.41, 5.74) is 1.77. The summed E-state index contributed by atoms with van der Waals surface area (Å²) in [6.07, 6.45) is 5.95. The summed E-state index contributed by atoms with van der Waals surface area (Å²) in [6, 6.07) is 0. The van der Waals surface area contributed by atoms with E-state index in [-0.39, 0.29) is 12.0 Å². The van der Waals surface area contributed by atoms with Crippen LogP contribution < -0.4 is 0 Å². The summed E-state index contributed by atoms with van der Waals surface area (Å²) in [5, 5.41) is 6.11. The zero-order valence-corrected chi connectivity index (χ0v) is 19.3. The molecule has 2 aromatic heterocycles. The van der Waals surface area contributed by atoms with Gasteiger partial charge in [0.25, 0.3) is 0 Å². The van der Waals surface area contributed by atoms with Gasteiger partial charge in [-0.1, -0.05) is 26.8 Å². The lowest BCUT2D eigenvalue weighted by molar-refractivity contribution is -0.135. The molecule has 0 saturated heterocycles. The van der Waals surface area contributed by atoms with E-state index in [1.54, 1.807) is 29.8 Å². The van der Waals surface area contributed by atoms with Crippen molar-refractivity contribution in [1.29, 1.82) is 0 Å². The zero-order valence-electron chi connectivity index (χ0n) is 17.7. The summed E-state index contributed by atoms with van der Waals surface area (Å²) in [6.45, 7) is 6.28. The quantitative estimate of drug-likeness (QED) is 0.291. The van der Waals surface area contributed by atoms with E-state index < -0.39 is 5.97 Å². The molecular formula is C21H28N2O4S2. The van der Waals surface area contributed by atoms with E-state index in [0.29, 0.717) is 11.7 Å². The van der Waals surface area contributed by atoms with Gasteiger partial charge in [0.2, 0.25) is 0 Å². The first kappa shape index (κ1) is 23.3. The van der Waals surface area contributed by atoms with Gasteiger partial charge < -0.3 is 14.2 Å². The molecule has 0 aromatic carbocycles. The number of nitrogens with zero attached hydrogens (tertiary/aromatic N) is 2. The van der Waals surface area contributed by atoms with Gasteiger partial charge in [-0.25, -0.2) is 14.8 Å². The van der Waals surface area contributed by atoms with Gasteiger partial charge in [-0.2, -0.15) is 0 Å². The van der Waals surface area contributed by atoms with E-state index in [1.807, 2.05) is 24.5 Å². The monoisotopic (exact) mass is 436 g/mol. The van der Waals surface area contributed by atoms with Crippen LogP contribution in [0.4, 0.5) is 0 Å². The molecule has 3 atom stereocenters. The van der Waals surface area contributed by atoms with Gasteiger partial charge in [-0.15, -0.1) is 22.7 Å². The van der Waals surface area contributed by atoms with Gasteiger partial charge in [0.1, 0.15) is 16.5 Å². The smallest absolute Gasteiger partial charge is 0.333 e. The highest BCUT2D eigenvalue weighted by molar-refractivity contribution is 7.14. The third-order valence-electron chi connectivity index (χ3n) is 4.66. The molecule has 0 N–H and O–H groups in total. The molecule has 2 aromatic rings. The van der Waals surface area contributed by atoms with Gasteiger partial charge >= 0.3 is 5.97 Å². The Balaban J connectivity index is 2.13. The molecule has 2 heterocycles. The van der Waals surface area contributed by atoms with E-state index in [2.05, 4.69) is 28.9 Å². The Morgan fingerprint density at radius 1 is 1.14 bits per heavy atom. The van der Waals surface area contributed by atoms with Crippen LogP contribution in [0.15, 0.2) is 28.7 Å². The van der Waals surface area contributed by atoms with E-state index >= 15 is 0 Å². The molecule has 0 aliphatic carbocycles. The normalized spacial score (nSPS) is 15.3. The lowest BCUT2D eigenvalue weighted by atomic mass is 10.0. The second-order valence-electron chi connectivity index (χ2n) is 6.58. The predicted octanol–water partition coefficient (Wildman–Crippen LogP) is 5.15. The maximum absolute atomic E-state index is 11.5. The Morgan fingerprint density at radius 3 is 2.52 bits per heavy atom. The third kappa shape index (κ3) is 6.22. The number of aromatic nitrogens is 2. The maximum atomic E-state index is 11.5. The van der Waals surface area contributed by atoms with Crippen molar-refractivity contribution in [3.8, 4) is 10.7 Å². The summed E-state index contributed by atoms with van der Waals surface area (Å²) < 4.78 is 15.6. The van der Waals surface area contributed by atoms with Crippen molar-refractivity contribution < 1.29 is 19.0 Å². The molecule has 0 unspecified atom stereocenters. The van der Waals surface area contributed by atoms with Crippen molar-refractivity contribution in [2.45, 2.75) is 39.2 Å². The van der Waals surface area contributed by atoms with E-state index in [9.17, 15) is 4.79 Å². The van der Waals surface area contributed by atoms with Crippen molar-refractivity contribution in [2.75, 3.05) is 21.3 Å². The minimum absolute atomic E-state index is 0.171. The topological polar surface area (TPSA) is 70.5 Å². The number of rotatable bonds is 10. The van der Waals surface area contributed by atoms with Crippen LogP contribution in [0, 0.1) is 5.92 Å². The molecular weight excluding hydrogens is 408 g/mol. The SMILES string of the molecule is CC[C@@H](C)c1nc(-c2nc(/C=C/[C@H](OC)[C@@H](C)/C(=C\C(=O)OC)OC)cs2)cs1. The highest BCUT2D eigenvalue weighted by Crippen LogP contribution is 2.30. The molecule has 6 nitrogen and oxygen atoms in total. The molecule has 0 bridgehead atoms. The third-order valence-corrected chi connectivity index (χ3v) is 6.62. The number of hydrogen-bond donors (Lipinski definition) is 0. The lowest BCUT2D eigenvalue weighted by Gasteiger charge is -2.21. The number of carbonyl (C=O) groups excluding carboxylic acids is 1. The van der Waals surface area contributed by atoms with Gasteiger partial charge in [-0.05, 0) is 12.5 Å². The van der Waals surface area contributed by atoms with E-state index in [4.69, 9.17) is 14.5 Å². The predicted molar refractivity (Wildman–Crippen MR) is 118 cm³/mol. The number of hydrogen-bond acceptors (Lipinski definition) is 8. The largest absolute Gasteiger partial charge is 0.500 e. The Bertz CT molecular complexity index is 856. The molecule has 158 valence electrons. The van der Waals surface area contributed by atoms with Crippen LogP contribution in [0.2, 0.25) is 0 Å². The minimum atomic E-state index is -0.461. The number of carbonyl (C=O) groups is 1. The van der Waals surface area contributed by atoms with Crippen LogP contribution in [-0.4, -0.2) is 43.4 Å². The van der Waals surface area contributed by atoms with Crippen LogP contribution >= 0.6 is 22.7 Å². The van der Waals surface area contributed by atoms with Crippen LogP contribution in [0.3, 0.4) is 0 Å². The fourth-order valence-corrected chi connectivity index (χ4v) is 4.39. The molecule has 0 aliphatic heterocycles. The van der Waals surface area contributed by atoms with Gasteiger partial charge in [0.05, 0.1) is 37.1 Å². The Labute approximate surface area is 180 Å². The van der Waals surface area contributed by atoms with Crippen LogP contribution in [0.5, 0.6) is 0 Å². The van der Waals surface area contributed by atoms with E-state index in [0.717, 1.165) is 27.8 Å². The fourth-order valence-electron chi connectivity index (χ4n) is 2.62. The van der Waals surface area contributed by atoms with Gasteiger partial charge in [0.15, 0.2) is 0 Å². The van der Waals surface area contributed by atoms with Gasteiger partial charge in [0, 0.05) is 29.7 Å². The van der Waals surface area contributed by atoms with Crippen molar-refractivity contribution in [2.24, 2.45) is 5.92 Å². The van der Waals surface area contributed by atoms with Crippen LogP contribution in [0.25, 0.3) is 16.8 Å². The van der Waals surface area contributed by atoms with Crippen molar-refractivity contribution >= 4 is 34.7 Å². The Kier molecular flexibility index (Phi) is 9.00. The first-order valence-corrected chi connectivity index (χ1v) is 11.1. The highest BCUT2D eigenvalue weighted by Gasteiger charge is 2.21. The molecule has 0 amide bonds. The first-order chi connectivity index (χ1) is 13.9. The molecule has 0 spiro atoms. The van der Waals surface area contributed by atoms with Gasteiger partial charge in [-0.3, -0.25) is 0 Å². The second kappa shape index (κ2) is 11.2. The summed E-state index contributed by atoms with van der Waals surface area (Å²) >= 11 is 3.25. The van der Waals surface area contributed by atoms with Crippen LogP contribution in [-0.2, 0) is 19.0 Å². The Hall–Kier alpha value is -2.03. The lowest BCUT2D eigenvalue weighted by Crippen LogP contribution is -2.21. The average molecular weight is 437 g/mol. The fraction of sp³-hybridized carbons (Fsp3) is 0.476. The molecule has 0 radical (unpaired) electrons. The summed E-state index contributed by atoms with van der Waals surface area (Å²) in [5.74, 6) is 0.323. The van der Waals surface area contributed by atoms with Crippen molar-refractivity contribution in [3.63, 3.8) is 0 Å². The first-order valence-electron chi connectivity index (χ1n) is 9.39. The molecule has 29 heavy (non-hydrogen) atoms. The zero-order chi connectivity index (χ0) is 21.4. The van der Waals surface area contributed by atoms with Crippen LogP contribution in [0.1, 0.15) is 43.8 Å². The highest BCUT2D eigenvalue weighted by atomic mass is 32.1. The minimum Gasteiger partial charge on any atom is -0.500 e. The summed E-state index contributed by atoms with van der Waals surface area (Å²) in [4.78, 5) is 20.9. The van der Waals surface area contributed by atoms with Crippen molar-refractivity contribution in [3.05, 3.63) is 39.4 Å². The van der Waals surface area contributed by atoms with E-state index in [1.165, 1.54) is 20.3 Å². The average Bonchev–Trinajstić information content (AvgIpc) is 3.41. The molecule has 8 heteroatoms. The second-order valence-corrected chi connectivity index (χ2v) is 8.33. The number of esters is 1. The molecule has 0 saturated carbocycles. The number of methoxy groups -OCH3 is 3. The molecule has 0 aliphatic rings.